The molecular formula is C14H12BrF2NO. The van der Waals surface area contributed by atoms with Crippen LogP contribution < -0.4 is 10.5 Å². The summed E-state index contributed by atoms with van der Waals surface area (Å²) in [6, 6.07) is 10.1. The van der Waals surface area contributed by atoms with Gasteiger partial charge in [0.2, 0.25) is 0 Å². The van der Waals surface area contributed by atoms with Gasteiger partial charge in [-0.3, -0.25) is 0 Å². The second-order valence-electron chi connectivity index (χ2n) is 3.97. The van der Waals surface area contributed by atoms with Gasteiger partial charge in [0.1, 0.15) is 23.5 Å². The van der Waals surface area contributed by atoms with Crippen LogP contribution in [-0.4, -0.2) is 6.54 Å². The minimum atomic E-state index is -0.414. The average molecular weight is 328 g/mol. The summed E-state index contributed by atoms with van der Waals surface area (Å²) in [5.74, 6) is -0.186. The van der Waals surface area contributed by atoms with Crippen LogP contribution in [0.1, 0.15) is 11.7 Å². The van der Waals surface area contributed by atoms with E-state index in [1.165, 1.54) is 30.3 Å². The van der Waals surface area contributed by atoms with Crippen molar-refractivity contribution in [3.05, 3.63) is 64.1 Å². The van der Waals surface area contributed by atoms with E-state index in [4.69, 9.17) is 10.5 Å². The molecule has 5 heteroatoms. The highest BCUT2D eigenvalue weighted by Crippen LogP contribution is 2.29. The lowest BCUT2D eigenvalue weighted by molar-refractivity contribution is 0.212. The van der Waals surface area contributed by atoms with E-state index in [-0.39, 0.29) is 18.2 Å². The summed E-state index contributed by atoms with van der Waals surface area (Å²) in [4.78, 5) is 0. The van der Waals surface area contributed by atoms with Crippen LogP contribution in [0.25, 0.3) is 0 Å². The Bertz CT molecular complexity index is 560. The van der Waals surface area contributed by atoms with Crippen LogP contribution in [0, 0.1) is 11.6 Å². The molecule has 100 valence electrons. The van der Waals surface area contributed by atoms with E-state index >= 15 is 0 Å². The monoisotopic (exact) mass is 327 g/mol. The Hall–Kier alpha value is -1.46. The zero-order chi connectivity index (χ0) is 13.8. The molecule has 1 atom stereocenters. The Balaban J connectivity index is 2.21. The SMILES string of the molecule is NCC(Oc1ccc(F)cc1Br)c1ccc(F)cc1. The minimum absolute atomic E-state index is 0.232. The molecule has 0 aliphatic heterocycles. The summed E-state index contributed by atoms with van der Waals surface area (Å²) in [5.41, 5.74) is 6.43. The highest BCUT2D eigenvalue weighted by Gasteiger charge is 2.13. The normalized spacial score (nSPS) is 12.2. The van der Waals surface area contributed by atoms with Crippen molar-refractivity contribution in [1.82, 2.24) is 0 Å². The molecule has 0 heterocycles. The predicted molar refractivity (Wildman–Crippen MR) is 72.9 cm³/mol. The molecule has 0 saturated heterocycles. The van der Waals surface area contributed by atoms with Gasteiger partial charge in [-0.15, -0.1) is 0 Å². The topological polar surface area (TPSA) is 35.2 Å². The van der Waals surface area contributed by atoms with Gasteiger partial charge in [-0.1, -0.05) is 12.1 Å². The highest BCUT2D eigenvalue weighted by atomic mass is 79.9. The fourth-order valence-corrected chi connectivity index (χ4v) is 2.10. The van der Waals surface area contributed by atoms with Crippen LogP contribution in [0.2, 0.25) is 0 Å². The quantitative estimate of drug-likeness (QED) is 0.926. The fourth-order valence-electron chi connectivity index (χ4n) is 1.65. The molecule has 0 aliphatic carbocycles. The summed E-state index contributed by atoms with van der Waals surface area (Å²) < 4.78 is 32.1. The molecule has 0 spiro atoms. The maximum absolute atomic E-state index is 13.0. The lowest BCUT2D eigenvalue weighted by Crippen LogP contribution is -2.18. The summed E-state index contributed by atoms with van der Waals surface area (Å²) in [5, 5.41) is 0. The molecule has 0 saturated carbocycles. The Morgan fingerprint density at radius 2 is 1.68 bits per heavy atom. The molecule has 2 rings (SSSR count). The second kappa shape index (κ2) is 6.12. The molecule has 2 N–H and O–H groups in total. The van der Waals surface area contributed by atoms with Crippen LogP contribution in [0.3, 0.4) is 0 Å². The van der Waals surface area contributed by atoms with Gasteiger partial charge in [-0.25, -0.2) is 8.78 Å². The molecular weight excluding hydrogens is 316 g/mol. The van der Waals surface area contributed by atoms with E-state index in [1.54, 1.807) is 12.1 Å². The molecule has 0 radical (unpaired) electrons. The van der Waals surface area contributed by atoms with Crippen LogP contribution in [0.4, 0.5) is 8.78 Å². The molecule has 19 heavy (non-hydrogen) atoms. The van der Waals surface area contributed by atoms with Gasteiger partial charge in [0, 0.05) is 6.54 Å². The van der Waals surface area contributed by atoms with Crippen molar-refractivity contribution < 1.29 is 13.5 Å². The first-order chi connectivity index (χ1) is 9.10. The first-order valence-electron chi connectivity index (χ1n) is 5.67. The highest BCUT2D eigenvalue weighted by molar-refractivity contribution is 9.10. The minimum Gasteiger partial charge on any atom is -0.483 e. The van der Waals surface area contributed by atoms with Crippen molar-refractivity contribution in [2.45, 2.75) is 6.10 Å². The molecule has 2 aromatic carbocycles. The zero-order valence-corrected chi connectivity index (χ0v) is 11.5. The zero-order valence-electron chi connectivity index (χ0n) is 9.95. The van der Waals surface area contributed by atoms with Gasteiger partial charge in [-0.2, -0.15) is 0 Å². The smallest absolute Gasteiger partial charge is 0.136 e. The molecule has 0 bridgehead atoms. The number of hydrogen-bond donors (Lipinski definition) is 1. The van der Waals surface area contributed by atoms with Crippen LogP contribution in [0.5, 0.6) is 5.75 Å². The van der Waals surface area contributed by atoms with E-state index in [9.17, 15) is 8.78 Å². The molecule has 2 nitrogen and oxygen atoms in total. The number of benzene rings is 2. The fraction of sp³-hybridized carbons (Fsp3) is 0.143. The van der Waals surface area contributed by atoms with Gasteiger partial charge in [0.15, 0.2) is 0 Å². The average Bonchev–Trinajstić information content (AvgIpc) is 2.39. The van der Waals surface area contributed by atoms with Crippen molar-refractivity contribution >= 4 is 15.9 Å². The number of nitrogens with two attached hydrogens (primary N) is 1. The molecule has 0 amide bonds. The molecule has 2 aromatic rings. The lowest BCUT2D eigenvalue weighted by atomic mass is 10.1. The van der Waals surface area contributed by atoms with Crippen molar-refractivity contribution in [1.29, 1.82) is 0 Å². The third-order valence-corrected chi connectivity index (χ3v) is 3.24. The third kappa shape index (κ3) is 3.52. The Morgan fingerprint density at radius 3 is 2.26 bits per heavy atom. The van der Waals surface area contributed by atoms with Crippen LogP contribution in [0.15, 0.2) is 46.9 Å². The number of hydrogen-bond acceptors (Lipinski definition) is 2. The lowest BCUT2D eigenvalue weighted by Gasteiger charge is -2.18. The first-order valence-corrected chi connectivity index (χ1v) is 6.46. The van der Waals surface area contributed by atoms with Crippen LogP contribution in [-0.2, 0) is 0 Å². The number of ether oxygens (including phenoxy) is 1. The maximum Gasteiger partial charge on any atom is 0.136 e. The maximum atomic E-state index is 13.0. The van der Waals surface area contributed by atoms with Crippen LogP contribution >= 0.6 is 15.9 Å². The largest absolute Gasteiger partial charge is 0.483 e. The van der Waals surface area contributed by atoms with Gasteiger partial charge >= 0.3 is 0 Å². The van der Waals surface area contributed by atoms with E-state index in [0.29, 0.717) is 10.2 Å². The van der Waals surface area contributed by atoms with Crippen molar-refractivity contribution in [2.75, 3.05) is 6.54 Å². The summed E-state index contributed by atoms with van der Waals surface area (Å²) in [6.45, 7) is 0.232. The van der Waals surface area contributed by atoms with Crippen molar-refractivity contribution in [3.8, 4) is 5.75 Å². The summed E-state index contributed by atoms with van der Waals surface area (Å²) in [6.07, 6.45) is -0.414. The molecule has 0 fully saturated rings. The Labute approximate surface area is 118 Å². The predicted octanol–water partition coefficient (Wildman–Crippen LogP) is 3.81. The summed E-state index contributed by atoms with van der Waals surface area (Å²) >= 11 is 3.22. The Morgan fingerprint density at radius 1 is 1.05 bits per heavy atom. The van der Waals surface area contributed by atoms with Crippen molar-refractivity contribution in [3.63, 3.8) is 0 Å². The van der Waals surface area contributed by atoms with E-state index in [1.807, 2.05) is 0 Å². The van der Waals surface area contributed by atoms with Crippen molar-refractivity contribution in [2.24, 2.45) is 5.73 Å². The third-order valence-electron chi connectivity index (χ3n) is 2.62. The number of halogens is 3. The van der Waals surface area contributed by atoms with E-state index in [0.717, 1.165) is 5.56 Å². The second-order valence-corrected chi connectivity index (χ2v) is 4.82. The van der Waals surface area contributed by atoms with Gasteiger partial charge < -0.3 is 10.5 Å². The first kappa shape index (κ1) is 14.0. The molecule has 0 aliphatic rings. The molecule has 1 unspecified atom stereocenters. The van der Waals surface area contributed by atoms with E-state index < -0.39 is 6.10 Å². The standard InChI is InChI=1S/C14H12BrF2NO/c15-12-7-11(17)5-6-13(12)19-14(8-18)9-1-3-10(16)4-2-9/h1-7,14H,8,18H2. The van der Waals surface area contributed by atoms with Gasteiger partial charge in [0.05, 0.1) is 4.47 Å². The summed E-state index contributed by atoms with van der Waals surface area (Å²) in [7, 11) is 0. The molecule has 0 aromatic heterocycles. The van der Waals surface area contributed by atoms with Gasteiger partial charge in [0.25, 0.3) is 0 Å². The number of rotatable bonds is 4. The van der Waals surface area contributed by atoms with E-state index in [2.05, 4.69) is 15.9 Å². The Kier molecular flexibility index (Phi) is 4.50. The van der Waals surface area contributed by atoms with Gasteiger partial charge in [-0.05, 0) is 51.8 Å².